The fourth-order valence-electron chi connectivity index (χ4n) is 0.545. The molecular formula is C7H5LiN2. The van der Waals surface area contributed by atoms with Crippen LogP contribution < -0.4 is 18.9 Å². The first kappa shape index (κ1) is 9.11. The summed E-state index contributed by atoms with van der Waals surface area (Å²) in [7, 11) is 0. The predicted octanol–water partition coefficient (Wildman–Crippen LogP) is -0.754. The van der Waals surface area contributed by atoms with E-state index < -0.39 is 0 Å². The molecule has 0 unspecified atom stereocenters. The van der Waals surface area contributed by atoms with Crippen LogP contribution in [0.25, 0.3) is 5.73 Å². The first-order chi connectivity index (χ1) is 4.33. The summed E-state index contributed by atoms with van der Waals surface area (Å²) >= 11 is 0. The van der Waals surface area contributed by atoms with Gasteiger partial charge in [-0.05, 0) is 12.1 Å². The number of benzene rings is 1. The van der Waals surface area contributed by atoms with Gasteiger partial charge < -0.3 is 5.73 Å². The van der Waals surface area contributed by atoms with Crippen LogP contribution in [0, 0.1) is 11.3 Å². The zero-order valence-corrected chi connectivity index (χ0v) is 5.76. The molecule has 0 aromatic heterocycles. The summed E-state index contributed by atoms with van der Waals surface area (Å²) in [6.45, 7) is 0. The molecule has 0 saturated carbocycles. The van der Waals surface area contributed by atoms with Crippen molar-refractivity contribution >= 4 is 5.69 Å². The summed E-state index contributed by atoms with van der Waals surface area (Å²) in [5, 5.41) is 8.32. The molecule has 44 valence electrons. The molecule has 10 heavy (non-hydrogen) atoms. The molecule has 0 amide bonds. The molecule has 0 spiro atoms. The third-order valence-corrected chi connectivity index (χ3v) is 1.01. The molecule has 0 saturated heterocycles. The van der Waals surface area contributed by atoms with E-state index in [4.69, 9.17) is 11.0 Å². The molecule has 0 aliphatic carbocycles. The average molecular weight is 124 g/mol. The second-order valence-corrected chi connectivity index (χ2v) is 1.69. The minimum absolute atomic E-state index is 0. The molecule has 0 radical (unpaired) electrons. The predicted molar refractivity (Wildman–Crippen MR) is 35.1 cm³/mol. The van der Waals surface area contributed by atoms with Crippen LogP contribution in [0.3, 0.4) is 0 Å². The van der Waals surface area contributed by atoms with Crippen molar-refractivity contribution in [3.8, 4) is 6.07 Å². The zero-order chi connectivity index (χ0) is 6.69. The summed E-state index contributed by atoms with van der Waals surface area (Å²) in [4.78, 5) is 0. The maximum absolute atomic E-state index is 8.32. The molecular weight excluding hydrogens is 119 g/mol. The second kappa shape index (κ2) is 4.01. The quantitative estimate of drug-likeness (QED) is 0.419. The van der Waals surface area contributed by atoms with Crippen molar-refractivity contribution in [3.05, 3.63) is 35.6 Å². The van der Waals surface area contributed by atoms with E-state index in [1.807, 2.05) is 6.07 Å². The van der Waals surface area contributed by atoms with E-state index >= 15 is 0 Å². The van der Waals surface area contributed by atoms with Gasteiger partial charge in [0, 0.05) is 0 Å². The van der Waals surface area contributed by atoms with E-state index in [9.17, 15) is 0 Å². The van der Waals surface area contributed by atoms with Crippen LogP contribution in [0.4, 0.5) is 5.69 Å². The number of nitrogens with one attached hydrogen (secondary N) is 1. The Morgan fingerprint density at radius 1 is 1.20 bits per heavy atom. The van der Waals surface area contributed by atoms with Crippen LogP contribution >= 0.6 is 0 Å². The Hall–Kier alpha value is -0.893. The van der Waals surface area contributed by atoms with Gasteiger partial charge in [-0.1, -0.05) is 12.1 Å². The van der Waals surface area contributed by atoms with Crippen molar-refractivity contribution in [1.29, 1.82) is 5.26 Å². The average Bonchev–Trinajstić information content (AvgIpc) is 1.90. The summed E-state index contributed by atoms with van der Waals surface area (Å²) in [5.41, 5.74) is 8.10. The molecule has 1 aromatic rings. The van der Waals surface area contributed by atoms with Gasteiger partial charge in [-0.2, -0.15) is 5.26 Å². The number of rotatable bonds is 0. The summed E-state index contributed by atoms with van der Waals surface area (Å²) < 4.78 is 0. The SMILES string of the molecule is N#Cc1ccc([NH-])cc1.[Li+]. The van der Waals surface area contributed by atoms with E-state index in [2.05, 4.69) is 0 Å². The van der Waals surface area contributed by atoms with Crippen molar-refractivity contribution in [2.75, 3.05) is 0 Å². The van der Waals surface area contributed by atoms with E-state index in [0.29, 0.717) is 11.3 Å². The van der Waals surface area contributed by atoms with Gasteiger partial charge >= 0.3 is 18.9 Å². The summed E-state index contributed by atoms with van der Waals surface area (Å²) in [5.74, 6) is 0. The van der Waals surface area contributed by atoms with Crippen LogP contribution in [0.1, 0.15) is 5.56 Å². The monoisotopic (exact) mass is 124 g/mol. The topological polar surface area (TPSA) is 47.6 Å². The van der Waals surface area contributed by atoms with E-state index in [1.54, 1.807) is 24.3 Å². The minimum atomic E-state index is 0. The molecule has 1 N–H and O–H groups in total. The molecule has 0 fully saturated rings. The van der Waals surface area contributed by atoms with Crippen LogP contribution in [0.15, 0.2) is 24.3 Å². The van der Waals surface area contributed by atoms with E-state index in [1.165, 1.54) is 0 Å². The van der Waals surface area contributed by atoms with E-state index in [0.717, 1.165) is 0 Å². The molecule has 1 rings (SSSR count). The number of nitrogens with zero attached hydrogens (tertiary/aromatic N) is 1. The van der Waals surface area contributed by atoms with Gasteiger partial charge in [0.2, 0.25) is 0 Å². The fourth-order valence-corrected chi connectivity index (χ4v) is 0.545. The minimum Gasteiger partial charge on any atom is -0.699 e. The largest absolute Gasteiger partial charge is 1.00 e. The smallest absolute Gasteiger partial charge is 0.699 e. The number of hydrogen-bond donors (Lipinski definition) is 0. The van der Waals surface area contributed by atoms with Gasteiger partial charge in [0.1, 0.15) is 0 Å². The van der Waals surface area contributed by atoms with Gasteiger partial charge in [0.15, 0.2) is 0 Å². The third-order valence-electron chi connectivity index (χ3n) is 1.01. The molecule has 0 aliphatic rings. The fraction of sp³-hybridized carbons (Fsp3) is 0. The van der Waals surface area contributed by atoms with Crippen LogP contribution in [0.2, 0.25) is 0 Å². The van der Waals surface area contributed by atoms with Crippen molar-refractivity contribution in [2.45, 2.75) is 0 Å². The standard InChI is InChI=1S/C7H5N2.Li/c8-5-6-1-3-7(9)4-2-6;/h1-4,9H;/q-1;+1. The van der Waals surface area contributed by atoms with Crippen LogP contribution in [0.5, 0.6) is 0 Å². The molecule has 0 heterocycles. The van der Waals surface area contributed by atoms with Gasteiger partial charge in [0.05, 0.1) is 11.6 Å². The van der Waals surface area contributed by atoms with Gasteiger partial charge in [-0.25, -0.2) is 0 Å². The Kier molecular flexibility index (Phi) is 3.65. The third kappa shape index (κ3) is 2.15. The number of nitriles is 1. The maximum atomic E-state index is 8.32. The molecule has 2 nitrogen and oxygen atoms in total. The number of hydrogen-bond acceptors (Lipinski definition) is 1. The van der Waals surface area contributed by atoms with Crippen molar-refractivity contribution in [3.63, 3.8) is 0 Å². The molecule has 0 atom stereocenters. The van der Waals surface area contributed by atoms with Crippen molar-refractivity contribution in [2.24, 2.45) is 0 Å². The normalized spacial score (nSPS) is 7.50. The Morgan fingerprint density at radius 2 is 1.70 bits per heavy atom. The van der Waals surface area contributed by atoms with Gasteiger partial charge in [-0.15, -0.1) is 5.69 Å². The maximum Gasteiger partial charge on any atom is 1.00 e. The van der Waals surface area contributed by atoms with Gasteiger partial charge in [0.25, 0.3) is 0 Å². The van der Waals surface area contributed by atoms with Crippen molar-refractivity contribution in [1.82, 2.24) is 0 Å². The van der Waals surface area contributed by atoms with Crippen LogP contribution in [-0.2, 0) is 0 Å². The Bertz CT molecular complexity index is 235. The van der Waals surface area contributed by atoms with Gasteiger partial charge in [-0.3, -0.25) is 0 Å². The first-order valence-corrected chi connectivity index (χ1v) is 2.54. The van der Waals surface area contributed by atoms with Crippen LogP contribution in [-0.4, -0.2) is 0 Å². The zero-order valence-electron chi connectivity index (χ0n) is 5.76. The second-order valence-electron chi connectivity index (χ2n) is 1.69. The molecule has 0 bridgehead atoms. The Morgan fingerprint density at radius 3 is 2.10 bits per heavy atom. The molecule has 1 aromatic carbocycles. The van der Waals surface area contributed by atoms with E-state index in [-0.39, 0.29) is 18.9 Å². The molecule has 0 aliphatic heterocycles. The van der Waals surface area contributed by atoms with Crippen molar-refractivity contribution < 1.29 is 18.9 Å². The first-order valence-electron chi connectivity index (χ1n) is 2.54. The summed E-state index contributed by atoms with van der Waals surface area (Å²) in [6.07, 6.45) is 0. The Balaban J connectivity index is 0.000000810. The molecule has 3 heteroatoms. The Labute approximate surface area is 71.8 Å². The summed E-state index contributed by atoms with van der Waals surface area (Å²) in [6, 6.07) is 8.42.